The molecule has 0 aromatic carbocycles. The van der Waals surface area contributed by atoms with E-state index in [0.29, 0.717) is 0 Å². The summed E-state index contributed by atoms with van der Waals surface area (Å²) in [5.74, 6) is -1.36. The van der Waals surface area contributed by atoms with Gasteiger partial charge in [0.15, 0.2) is 0 Å². The van der Waals surface area contributed by atoms with Gasteiger partial charge >= 0.3 is 0 Å². The lowest BCUT2D eigenvalue weighted by atomic mass is 10.3. The fourth-order valence-electron chi connectivity index (χ4n) is 0.709. The summed E-state index contributed by atoms with van der Waals surface area (Å²) in [7, 11) is 0. The fraction of sp³-hybridized carbons (Fsp3) is 0. The summed E-state index contributed by atoms with van der Waals surface area (Å²) >= 11 is 0. The van der Waals surface area contributed by atoms with Crippen LogP contribution in [-0.4, -0.2) is 16.8 Å². The molecule has 0 aliphatic rings. The Bertz CT molecular complexity index is 306. The summed E-state index contributed by atoms with van der Waals surface area (Å²) in [5, 5.41) is 0. The average molecular weight is 166 g/mol. The molecule has 0 unspecified atom stereocenters. The van der Waals surface area contributed by atoms with Crippen molar-refractivity contribution >= 4 is 11.8 Å². The molecule has 4 N–H and O–H groups in total. The standard InChI is InChI=1S/C7H7N3O2/c8-6(11)4-2-1-3-5(10-4)7(9)12/h1-3H,(H2,8,11)(H2,9,12)/i6+1. The van der Waals surface area contributed by atoms with Crippen molar-refractivity contribution in [3.8, 4) is 0 Å². The number of amides is 2. The maximum Gasteiger partial charge on any atom is 0.267 e. The number of aromatic nitrogens is 1. The first-order valence-electron chi connectivity index (χ1n) is 3.18. The molecule has 2 amide bonds. The maximum atomic E-state index is 10.6. The number of nitrogens with zero attached hydrogens (tertiary/aromatic N) is 1. The summed E-state index contributed by atoms with van der Waals surface area (Å²) in [6, 6.07) is 4.32. The van der Waals surface area contributed by atoms with E-state index in [-0.39, 0.29) is 11.4 Å². The summed E-state index contributed by atoms with van der Waals surface area (Å²) in [6.45, 7) is 0. The number of nitrogens with two attached hydrogens (primary N) is 2. The van der Waals surface area contributed by atoms with E-state index in [1.54, 1.807) is 0 Å². The molecule has 0 atom stereocenters. The van der Waals surface area contributed by atoms with Crippen molar-refractivity contribution in [1.29, 1.82) is 0 Å². The van der Waals surface area contributed by atoms with Gasteiger partial charge in [-0.3, -0.25) is 9.59 Å². The second kappa shape index (κ2) is 3.00. The molecule has 0 bridgehead atoms. The third-order valence-corrected chi connectivity index (χ3v) is 1.25. The van der Waals surface area contributed by atoms with E-state index in [1.165, 1.54) is 18.2 Å². The van der Waals surface area contributed by atoms with E-state index < -0.39 is 11.8 Å². The Morgan fingerprint density at radius 2 is 1.50 bits per heavy atom. The van der Waals surface area contributed by atoms with Crippen LogP contribution in [-0.2, 0) is 0 Å². The Hall–Kier alpha value is -1.91. The first kappa shape index (κ1) is 8.19. The molecule has 0 aliphatic carbocycles. The molecule has 1 heterocycles. The molecule has 0 saturated carbocycles. The molecule has 0 radical (unpaired) electrons. The molecule has 0 spiro atoms. The van der Waals surface area contributed by atoms with E-state index in [4.69, 9.17) is 11.5 Å². The highest BCUT2D eigenvalue weighted by Crippen LogP contribution is 1.97. The van der Waals surface area contributed by atoms with Crippen LogP contribution < -0.4 is 11.5 Å². The molecule has 5 heteroatoms. The number of pyridine rings is 1. The molecule has 1 aromatic heterocycles. The molecule has 1 rings (SSSR count). The van der Waals surface area contributed by atoms with Crippen molar-refractivity contribution in [2.24, 2.45) is 11.5 Å². The number of rotatable bonds is 2. The van der Waals surface area contributed by atoms with Gasteiger partial charge in [-0.1, -0.05) is 6.07 Å². The molecule has 12 heavy (non-hydrogen) atoms. The summed E-state index contributed by atoms with van der Waals surface area (Å²) in [4.78, 5) is 24.8. The van der Waals surface area contributed by atoms with Crippen LogP contribution in [0.1, 0.15) is 21.0 Å². The van der Waals surface area contributed by atoms with Gasteiger partial charge in [-0.05, 0) is 12.1 Å². The molecule has 62 valence electrons. The first-order chi connectivity index (χ1) is 5.61. The Labute approximate surface area is 68.4 Å². The second-order valence-corrected chi connectivity index (χ2v) is 2.14. The van der Waals surface area contributed by atoms with Crippen molar-refractivity contribution in [1.82, 2.24) is 4.98 Å². The molecular formula is C7H7N3O2. The van der Waals surface area contributed by atoms with Gasteiger partial charge in [0.2, 0.25) is 0 Å². The lowest BCUT2D eigenvalue weighted by Gasteiger charge is -1.96. The van der Waals surface area contributed by atoms with E-state index in [9.17, 15) is 9.59 Å². The molecule has 0 saturated heterocycles. The van der Waals surface area contributed by atoms with Gasteiger partial charge < -0.3 is 11.5 Å². The predicted octanol–water partition coefficient (Wildman–Crippen LogP) is -0.721. The number of carbonyl (C=O) groups excluding carboxylic acids is 2. The van der Waals surface area contributed by atoms with Gasteiger partial charge in [0.1, 0.15) is 11.4 Å². The molecular weight excluding hydrogens is 159 g/mol. The van der Waals surface area contributed by atoms with Crippen LogP contribution in [0.25, 0.3) is 0 Å². The van der Waals surface area contributed by atoms with Gasteiger partial charge in [-0.15, -0.1) is 0 Å². The van der Waals surface area contributed by atoms with Crippen LogP contribution in [0.3, 0.4) is 0 Å². The van der Waals surface area contributed by atoms with Gasteiger partial charge in [0.25, 0.3) is 11.8 Å². The number of primary amides is 2. The highest BCUT2D eigenvalue weighted by molar-refractivity contribution is 5.94. The van der Waals surface area contributed by atoms with Crippen molar-refractivity contribution in [3.63, 3.8) is 0 Å². The highest BCUT2D eigenvalue weighted by atomic mass is 16.2. The Kier molecular flexibility index (Phi) is 2.05. The highest BCUT2D eigenvalue weighted by Gasteiger charge is 2.05. The third kappa shape index (κ3) is 1.57. The number of hydrogen-bond acceptors (Lipinski definition) is 3. The van der Waals surface area contributed by atoms with Crippen LogP contribution >= 0.6 is 0 Å². The lowest BCUT2D eigenvalue weighted by Crippen LogP contribution is -2.18. The van der Waals surface area contributed by atoms with Crippen molar-refractivity contribution in [3.05, 3.63) is 29.6 Å². The zero-order valence-electron chi connectivity index (χ0n) is 6.15. The van der Waals surface area contributed by atoms with Crippen molar-refractivity contribution in [2.45, 2.75) is 0 Å². The molecule has 0 fully saturated rings. The van der Waals surface area contributed by atoms with Crippen LogP contribution in [0.5, 0.6) is 0 Å². The Morgan fingerprint density at radius 3 is 1.83 bits per heavy atom. The minimum atomic E-state index is -0.682. The second-order valence-electron chi connectivity index (χ2n) is 2.14. The quantitative estimate of drug-likeness (QED) is 0.567. The van der Waals surface area contributed by atoms with Gasteiger partial charge in [-0.25, -0.2) is 4.98 Å². The molecule has 5 nitrogen and oxygen atoms in total. The van der Waals surface area contributed by atoms with Crippen molar-refractivity contribution in [2.75, 3.05) is 0 Å². The van der Waals surface area contributed by atoms with Crippen molar-refractivity contribution < 1.29 is 9.59 Å². The monoisotopic (exact) mass is 166 g/mol. The summed E-state index contributed by atoms with van der Waals surface area (Å²) < 4.78 is 0. The lowest BCUT2D eigenvalue weighted by molar-refractivity contribution is 0.0992. The van der Waals surface area contributed by atoms with Crippen LogP contribution in [0.4, 0.5) is 0 Å². The molecule has 0 aliphatic heterocycles. The van der Waals surface area contributed by atoms with Gasteiger partial charge in [0, 0.05) is 0 Å². The summed E-state index contributed by atoms with van der Waals surface area (Å²) in [6.07, 6.45) is 0. The van der Waals surface area contributed by atoms with E-state index in [2.05, 4.69) is 4.98 Å². The zero-order chi connectivity index (χ0) is 9.14. The largest absolute Gasteiger partial charge is 0.364 e. The topological polar surface area (TPSA) is 99.1 Å². The van der Waals surface area contributed by atoms with Gasteiger partial charge in [-0.2, -0.15) is 0 Å². The predicted molar refractivity (Wildman–Crippen MR) is 41.3 cm³/mol. The fourth-order valence-corrected chi connectivity index (χ4v) is 0.709. The van der Waals surface area contributed by atoms with E-state index >= 15 is 0 Å². The minimum Gasteiger partial charge on any atom is -0.364 e. The SMILES string of the molecule is NC(=O)c1cccc([13C](N)=O)n1. The van der Waals surface area contributed by atoms with E-state index in [1.807, 2.05) is 0 Å². The zero-order valence-corrected chi connectivity index (χ0v) is 6.15. The minimum absolute atomic E-state index is 0.0336. The smallest absolute Gasteiger partial charge is 0.267 e. The van der Waals surface area contributed by atoms with Crippen LogP contribution in [0.2, 0.25) is 0 Å². The maximum absolute atomic E-state index is 10.6. The summed E-state index contributed by atoms with van der Waals surface area (Å²) in [5.41, 5.74) is 9.93. The average Bonchev–Trinajstić information content (AvgIpc) is 2.04. The number of hydrogen-bond donors (Lipinski definition) is 2. The third-order valence-electron chi connectivity index (χ3n) is 1.25. The van der Waals surface area contributed by atoms with Crippen LogP contribution in [0, 0.1) is 0 Å². The van der Waals surface area contributed by atoms with Crippen LogP contribution in [0.15, 0.2) is 18.2 Å². The number of carbonyl (C=O) groups is 2. The normalized spacial score (nSPS) is 9.33. The Morgan fingerprint density at radius 1 is 1.08 bits per heavy atom. The van der Waals surface area contributed by atoms with Gasteiger partial charge in [0.05, 0.1) is 0 Å². The first-order valence-corrected chi connectivity index (χ1v) is 3.18. The molecule has 1 aromatic rings. The Balaban J connectivity index is 3.12. The van der Waals surface area contributed by atoms with E-state index in [0.717, 1.165) is 0 Å².